The highest BCUT2D eigenvalue weighted by Gasteiger charge is 2.26. The average molecular weight is 366 g/mol. The van der Waals surface area contributed by atoms with Gasteiger partial charge < -0.3 is 0 Å². The highest BCUT2D eigenvalue weighted by Crippen LogP contribution is 2.38. The highest BCUT2D eigenvalue weighted by molar-refractivity contribution is 6.18. The minimum atomic E-state index is 0.0958. The van der Waals surface area contributed by atoms with Crippen LogP contribution in [0.3, 0.4) is 0 Å². The summed E-state index contributed by atoms with van der Waals surface area (Å²) in [6.07, 6.45) is 4.17. The van der Waals surface area contributed by atoms with Crippen molar-refractivity contribution in [2.45, 2.75) is 27.7 Å². The van der Waals surface area contributed by atoms with E-state index in [9.17, 15) is 9.59 Å². The third-order valence-corrected chi connectivity index (χ3v) is 5.95. The summed E-state index contributed by atoms with van der Waals surface area (Å²) in [5.74, 6) is 0.192. The van der Waals surface area contributed by atoms with Crippen LogP contribution >= 0.6 is 0 Å². The molecule has 2 heteroatoms. The van der Waals surface area contributed by atoms with Gasteiger partial charge in [-0.3, -0.25) is 9.59 Å². The molecule has 2 aromatic rings. The fourth-order valence-electron chi connectivity index (χ4n) is 3.98. The van der Waals surface area contributed by atoms with Crippen LogP contribution in [-0.2, 0) is 0 Å². The van der Waals surface area contributed by atoms with Crippen molar-refractivity contribution in [3.63, 3.8) is 0 Å². The summed E-state index contributed by atoms with van der Waals surface area (Å²) in [5.41, 5.74) is 9.10. The summed E-state index contributed by atoms with van der Waals surface area (Å²) in [6.45, 7) is 7.77. The van der Waals surface area contributed by atoms with Gasteiger partial charge in [-0.2, -0.15) is 0 Å². The average Bonchev–Trinajstić information content (AvgIpc) is 2.72. The number of Topliss-reactive ketones (excluding diaryl/α,β-unsaturated/α-hetero) is 2. The number of allylic oxidation sites excluding steroid dienone is 8. The van der Waals surface area contributed by atoms with E-state index in [4.69, 9.17) is 0 Å². The van der Waals surface area contributed by atoms with Gasteiger partial charge in [0, 0.05) is 22.3 Å². The monoisotopic (exact) mass is 366 g/mol. The molecule has 0 spiro atoms. The van der Waals surface area contributed by atoms with Gasteiger partial charge in [-0.15, -0.1) is 0 Å². The second-order valence-corrected chi connectivity index (χ2v) is 7.41. The van der Waals surface area contributed by atoms with Gasteiger partial charge in [0.1, 0.15) is 0 Å². The topological polar surface area (TPSA) is 34.1 Å². The quantitative estimate of drug-likeness (QED) is 0.600. The third-order valence-electron chi connectivity index (χ3n) is 5.95. The normalized spacial score (nSPS) is 19.4. The Bertz CT molecular complexity index is 1070. The van der Waals surface area contributed by atoms with Crippen molar-refractivity contribution in [2.24, 2.45) is 0 Å². The van der Waals surface area contributed by atoms with Crippen LogP contribution in [0.15, 0.2) is 83.0 Å². The molecular weight excluding hydrogens is 344 g/mol. The Labute approximate surface area is 165 Å². The van der Waals surface area contributed by atoms with E-state index in [1.54, 1.807) is 0 Å². The zero-order valence-corrected chi connectivity index (χ0v) is 16.6. The number of hydrogen-bond donors (Lipinski definition) is 0. The summed E-state index contributed by atoms with van der Waals surface area (Å²) in [7, 11) is 0. The van der Waals surface area contributed by atoms with E-state index in [-0.39, 0.29) is 11.6 Å². The number of rotatable bonds is 1. The zero-order valence-electron chi connectivity index (χ0n) is 16.6. The fraction of sp³-hybridized carbons (Fsp3) is 0.154. The summed E-state index contributed by atoms with van der Waals surface area (Å²) >= 11 is 0. The molecule has 0 saturated heterocycles. The van der Waals surface area contributed by atoms with E-state index in [0.29, 0.717) is 0 Å². The standard InChI is InChI=1S/C26H22O2/c1-15-17(3)25(27)23-11-7-5-9-21(23)19(15)13-14-20-16(2)18(4)26(28)24-12-8-6-10-22(20)24/h5-14H,1-4H3/b19-13-,20-14+. The Morgan fingerprint density at radius 1 is 0.500 bits per heavy atom. The molecule has 4 rings (SSSR count). The van der Waals surface area contributed by atoms with Gasteiger partial charge in [-0.25, -0.2) is 0 Å². The van der Waals surface area contributed by atoms with Gasteiger partial charge in [0.05, 0.1) is 0 Å². The van der Waals surface area contributed by atoms with Crippen LogP contribution in [0.4, 0.5) is 0 Å². The molecule has 138 valence electrons. The maximum absolute atomic E-state index is 12.6. The molecule has 0 N–H and O–H groups in total. The van der Waals surface area contributed by atoms with Crippen molar-refractivity contribution in [1.82, 2.24) is 0 Å². The molecule has 0 heterocycles. The van der Waals surface area contributed by atoms with Gasteiger partial charge in [0.25, 0.3) is 0 Å². The van der Waals surface area contributed by atoms with Crippen LogP contribution in [0.25, 0.3) is 11.1 Å². The van der Waals surface area contributed by atoms with E-state index in [1.807, 2.05) is 76.2 Å². The lowest BCUT2D eigenvalue weighted by Crippen LogP contribution is -2.13. The molecular formula is C26H22O2. The van der Waals surface area contributed by atoms with Gasteiger partial charge in [0.2, 0.25) is 0 Å². The van der Waals surface area contributed by atoms with Gasteiger partial charge in [-0.05, 0) is 61.1 Å². The summed E-state index contributed by atoms with van der Waals surface area (Å²) in [4.78, 5) is 25.3. The predicted octanol–water partition coefficient (Wildman–Crippen LogP) is 6.22. The Hall–Kier alpha value is -3.26. The number of hydrogen-bond acceptors (Lipinski definition) is 2. The molecule has 0 fully saturated rings. The number of carbonyl (C=O) groups excluding carboxylic acids is 2. The Morgan fingerprint density at radius 2 is 0.821 bits per heavy atom. The van der Waals surface area contributed by atoms with Crippen molar-refractivity contribution < 1.29 is 9.59 Å². The van der Waals surface area contributed by atoms with Crippen LogP contribution < -0.4 is 0 Å². The molecule has 0 amide bonds. The predicted molar refractivity (Wildman–Crippen MR) is 114 cm³/mol. The first-order valence-electron chi connectivity index (χ1n) is 9.47. The van der Waals surface area contributed by atoms with Crippen molar-refractivity contribution >= 4 is 22.7 Å². The van der Waals surface area contributed by atoms with E-state index < -0.39 is 0 Å². The van der Waals surface area contributed by atoms with E-state index in [0.717, 1.165) is 55.7 Å². The number of fused-ring (bicyclic) bond motifs is 2. The number of carbonyl (C=O) groups is 2. The SMILES string of the molecule is CC1=C(C)/C(=C\C=C2\C(C)=C(C)C(=O)c3ccccc32)c2ccccc2C1=O. The molecule has 0 unspecified atom stereocenters. The van der Waals surface area contributed by atoms with Crippen molar-refractivity contribution in [3.05, 3.63) is 105 Å². The summed E-state index contributed by atoms with van der Waals surface area (Å²) < 4.78 is 0. The van der Waals surface area contributed by atoms with E-state index in [2.05, 4.69) is 12.2 Å². The van der Waals surface area contributed by atoms with E-state index in [1.165, 1.54) is 0 Å². The zero-order chi connectivity index (χ0) is 20.0. The lowest BCUT2D eigenvalue weighted by Gasteiger charge is -2.22. The van der Waals surface area contributed by atoms with Crippen molar-refractivity contribution in [1.29, 1.82) is 0 Å². The smallest absolute Gasteiger partial charge is 0.189 e. The largest absolute Gasteiger partial charge is 0.289 e. The highest BCUT2D eigenvalue weighted by atomic mass is 16.1. The maximum atomic E-state index is 12.6. The maximum Gasteiger partial charge on any atom is 0.189 e. The van der Waals surface area contributed by atoms with Gasteiger partial charge in [0.15, 0.2) is 11.6 Å². The summed E-state index contributed by atoms with van der Waals surface area (Å²) in [5, 5.41) is 0. The van der Waals surface area contributed by atoms with E-state index >= 15 is 0 Å². The lowest BCUT2D eigenvalue weighted by molar-refractivity contribution is 0.102. The van der Waals surface area contributed by atoms with Crippen LogP contribution in [0, 0.1) is 0 Å². The Kier molecular flexibility index (Phi) is 4.35. The molecule has 0 atom stereocenters. The minimum Gasteiger partial charge on any atom is -0.289 e. The van der Waals surface area contributed by atoms with Crippen molar-refractivity contribution in [2.75, 3.05) is 0 Å². The molecule has 2 aromatic carbocycles. The minimum absolute atomic E-state index is 0.0958. The first kappa shape index (κ1) is 18.1. The van der Waals surface area contributed by atoms with Crippen LogP contribution in [-0.4, -0.2) is 11.6 Å². The summed E-state index contributed by atoms with van der Waals surface area (Å²) in [6, 6.07) is 15.5. The third kappa shape index (κ3) is 2.65. The number of benzene rings is 2. The first-order valence-corrected chi connectivity index (χ1v) is 9.47. The van der Waals surface area contributed by atoms with Crippen LogP contribution in [0.2, 0.25) is 0 Å². The second-order valence-electron chi connectivity index (χ2n) is 7.41. The molecule has 0 aliphatic heterocycles. The molecule has 0 radical (unpaired) electrons. The van der Waals surface area contributed by atoms with Gasteiger partial charge >= 0.3 is 0 Å². The van der Waals surface area contributed by atoms with Crippen molar-refractivity contribution in [3.8, 4) is 0 Å². The molecule has 2 aliphatic carbocycles. The number of ketones is 2. The van der Waals surface area contributed by atoms with Crippen LogP contribution in [0.1, 0.15) is 59.5 Å². The molecule has 2 nitrogen and oxygen atoms in total. The molecule has 28 heavy (non-hydrogen) atoms. The second kappa shape index (κ2) is 6.72. The Morgan fingerprint density at radius 3 is 1.18 bits per heavy atom. The molecule has 2 aliphatic rings. The van der Waals surface area contributed by atoms with Crippen LogP contribution in [0.5, 0.6) is 0 Å². The fourth-order valence-corrected chi connectivity index (χ4v) is 3.98. The molecule has 0 aromatic heterocycles. The first-order chi connectivity index (χ1) is 13.4. The lowest BCUT2D eigenvalue weighted by atomic mass is 9.80. The molecule has 0 saturated carbocycles. The van der Waals surface area contributed by atoms with Gasteiger partial charge in [-0.1, -0.05) is 60.7 Å². The molecule has 0 bridgehead atoms. The Balaban J connectivity index is 1.93.